The number of anilines is 1. The number of aromatic nitrogens is 2. The normalized spacial score (nSPS) is 13.6. The first-order valence-corrected chi connectivity index (χ1v) is 5.21. The van der Waals surface area contributed by atoms with E-state index in [1.165, 1.54) is 0 Å². The summed E-state index contributed by atoms with van der Waals surface area (Å²) >= 11 is 6.12. The second kappa shape index (κ2) is 3.38. The third-order valence-corrected chi connectivity index (χ3v) is 2.83. The largest absolute Gasteiger partial charge is 0.465 e. The summed E-state index contributed by atoms with van der Waals surface area (Å²) in [5.74, 6) is 0.272. The van der Waals surface area contributed by atoms with Gasteiger partial charge in [0, 0.05) is 12.1 Å². The van der Waals surface area contributed by atoms with Crippen LogP contribution < -0.4 is 5.32 Å². The van der Waals surface area contributed by atoms with Gasteiger partial charge in [0.1, 0.15) is 0 Å². The van der Waals surface area contributed by atoms with E-state index < -0.39 is 6.08 Å². The van der Waals surface area contributed by atoms with Crippen LogP contribution in [0.3, 0.4) is 0 Å². The van der Waals surface area contributed by atoms with Crippen LogP contribution in [0.1, 0.15) is 5.56 Å². The molecule has 0 bridgehead atoms. The molecule has 0 atom stereocenters. The lowest BCUT2D eigenvalue weighted by molar-refractivity contribution is 0.320. The Balaban J connectivity index is 2.12. The fourth-order valence-electron chi connectivity index (χ4n) is 1.84. The van der Waals surface area contributed by atoms with E-state index in [0.717, 1.165) is 29.8 Å². The van der Waals surface area contributed by atoms with E-state index in [9.17, 15) is 0 Å². The Labute approximate surface area is 96.1 Å². The monoisotopic (exact) mass is 237 g/mol. The van der Waals surface area contributed by atoms with Crippen LogP contribution in [0.25, 0.3) is 11.5 Å². The predicted molar refractivity (Wildman–Crippen MR) is 58.6 cm³/mol. The Kier molecular flexibility index (Phi) is 2.00. The Morgan fingerprint density at radius 1 is 1.38 bits per heavy atom. The Morgan fingerprint density at radius 2 is 2.25 bits per heavy atom. The smallest absolute Gasteiger partial charge is 0.412 e. The first-order chi connectivity index (χ1) is 7.74. The molecule has 0 saturated heterocycles. The molecule has 0 fully saturated rings. The molecule has 2 aromatic rings. The summed E-state index contributed by atoms with van der Waals surface area (Å²) in [4.78, 5) is 0. The Bertz CT molecular complexity index is 553. The van der Waals surface area contributed by atoms with Gasteiger partial charge >= 0.3 is 6.08 Å². The first kappa shape index (κ1) is 9.47. The molecule has 0 aliphatic carbocycles. The zero-order valence-corrected chi connectivity index (χ0v) is 8.95. The molecule has 16 heavy (non-hydrogen) atoms. The zero-order valence-electron chi connectivity index (χ0n) is 8.20. The minimum atomic E-state index is -0.440. The van der Waals surface area contributed by atoms with E-state index in [0.29, 0.717) is 5.02 Å². The van der Waals surface area contributed by atoms with Crippen molar-refractivity contribution in [1.29, 1.82) is 0 Å². The molecule has 82 valence electrons. The number of fused-ring (bicyclic) bond motifs is 1. The molecule has 0 unspecified atom stereocenters. The lowest BCUT2D eigenvalue weighted by atomic mass is 10.1. The van der Waals surface area contributed by atoms with Crippen molar-refractivity contribution in [2.24, 2.45) is 0 Å². The number of nitrogens with one attached hydrogen (secondary N) is 1. The van der Waals surface area contributed by atoms with Crippen LogP contribution in [0.5, 0.6) is 6.08 Å². The number of hydrogen-bond acceptors (Lipinski definition) is 5. The third kappa shape index (κ3) is 1.40. The quantitative estimate of drug-likeness (QED) is 0.794. The average Bonchev–Trinajstić information content (AvgIpc) is 2.85. The van der Waals surface area contributed by atoms with Gasteiger partial charge in [0.05, 0.1) is 10.7 Å². The van der Waals surface area contributed by atoms with Crippen molar-refractivity contribution in [1.82, 2.24) is 10.2 Å². The Morgan fingerprint density at radius 3 is 3.00 bits per heavy atom. The maximum atomic E-state index is 8.99. The molecule has 3 rings (SSSR count). The van der Waals surface area contributed by atoms with Gasteiger partial charge in [-0.05, 0) is 24.1 Å². The van der Waals surface area contributed by atoms with Gasteiger partial charge in [0.25, 0.3) is 5.89 Å². The van der Waals surface area contributed by atoms with Crippen molar-refractivity contribution in [3.8, 4) is 17.5 Å². The number of halogens is 1. The topological polar surface area (TPSA) is 71.2 Å². The molecule has 5 nitrogen and oxygen atoms in total. The summed E-state index contributed by atoms with van der Waals surface area (Å²) in [5.41, 5.74) is 2.81. The molecular weight excluding hydrogens is 230 g/mol. The van der Waals surface area contributed by atoms with Gasteiger partial charge in [-0.3, -0.25) is 0 Å². The van der Waals surface area contributed by atoms with Crippen molar-refractivity contribution >= 4 is 17.3 Å². The highest BCUT2D eigenvalue weighted by atomic mass is 35.5. The molecule has 1 aromatic heterocycles. The maximum Gasteiger partial charge on any atom is 0.412 e. The standard InChI is InChI=1S/C10H8ClN3O2/c11-7-4-6(9-13-14-10(15)16-9)3-5-1-2-12-8(5)7/h3-4,12H,1-2H2,(H,14,15). The lowest BCUT2D eigenvalue weighted by Gasteiger charge is -2.04. The van der Waals surface area contributed by atoms with Crippen molar-refractivity contribution in [2.45, 2.75) is 6.42 Å². The van der Waals surface area contributed by atoms with E-state index in [2.05, 4.69) is 15.5 Å². The van der Waals surface area contributed by atoms with Crippen LogP contribution in [-0.2, 0) is 6.42 Å². The van der Waals surface area contributed by atoms with E-state index in [-0.39, 0.29) is 5.89 Å². The van der Waals surface area contributed by atoms with Gasteiger partial charge < -0.3 is 14.8 Å². The van der Waals surface area contributed by atoms with Crippen molar-refractivity contribution in [2.75, 3.05) is 11.9 Å². The van der Waals surface area contributed by atoms with Crippen LogP contribution in [0, 0.1) is 0 Å². The summed E-state index contributed by atoms with van der Waals surface area (Å²) in [6.07, 6.45) is 0.480. The summed E-state index contributed by atoms with van der Waals surface area (Å²) in [7, 11) is 0. The molecule has 6 heteroatoms. The Hall–Kier alpha value is -1.75. The minimum absolute atomic E-state index is 0.272. The fraction of sp³-hybridized carbons (Fsp3) is 0.200. The molecule has 0 radical (unpaired) electrons. The highest BCUT2D eigenvalue weighted by Gasteiger charge is 2.17. The van der Waals surface area contributed by atoms with Gasteiger partial charge in [0.2, 0.25) is 0 Å². The summed E-state index contributed by atoms with van der Waals surface area (Å²) < 4.78 is 4.94. The van der Waals surface area contributed by atoms with E-state index >= 15 is 0 Å². The molecule has 1 aromatic carbocycles. The highest BCUT2D eigenvalue weighted by Crippen LogP contribution is 2.35. The molecule has 1 aliphatic heterocycles. The maximum absolute atomic E-state index is 8.99. The number of nitrogens with zero attached hydrogens (tertiary/aromatic N) is 2. The van der Waals surface area contributed by atoms with Gasteiger partial charge in [-0.1, -0.05) is 16.7 Å². The molecular formula is C10H8ClN3O2. The second-order valence-corrected chi connectivity index (χ2v) is 3.97. The van der Waals surface area contributed by atoms with E-state index in [4.69, 9.17) is 21.1 Å². The molecule has 1 aliphatic rings. The lowest BCUT2D eigenvalue weighted by Crippen LogP contribution is -1.91. The van der Waals surface area contributed by atoms with Crippen LogP contribution in [0.4, 0.5) is 5.69 Å². The van der Waals surface area contributed by atoms with E-state index in [1.54, 1.807) is 6.07 Å². The number of hydrogen-bond donors (Lipinski definition) is 2. The number of benzene rings is 1. The van der Waals surface area contributed by atoms with E-state index in [1.807, 2.05) is 6.07 Å². The molecule has 2 heterocycles. The van der Waals surface area contributed by atoms with Gasteiger partial charge in [-0.15, -0.1) is 5.10 Å². The second-order valence-electron chi connectivity index (χ2n) is 3.56. The zero-order chi connectivity index (χ0) is 11.1. The molecule has 2 N–H and O–H groups in total. The molecule has 0 amide bonds. The SMILES string of the molecule is Oc1nnc(-c2cc(Cl)c3c(c2)CCN3)o1. The third-order valence-electron chi connectivity index (χ3n) is 2.53. The number of aromatic hydroxyl groups is 1. The molecule has 0 spiro atoms. The minimum Gasteiger partial charge on any atom is -0.465 e. The molecule has 0 saturated carbocycles. The van der Waals surface area contributed by atoms with Crippen LogP contribution >= 0.6 is 11.6 Å². The van der Waals surface area contributed by atoms with Crippen LogP contribution in [-0.4, -0.2) is 21.8 Å². The highest BCUT2D eigenvalue weighted by molar-refractivity contribution is 6.33. The van der Waals surface area contributed by atoms with Crippen molar-refractivity contribution in [3.05, 3.63) is 22.7 Å². The average molecular weight is 238 g/mol. The van der Waals surface area contributed by atoms with Crippen molar-refractivity contribution in [3.63, 3.8) is 0 Å². The van der Waals surface area contributed by atoms with Crippen LogP contribution in [0.15, 0.2) is 16.5 Å². The van der Waals surface area contributed by atoms with Gasteiger partial charge in [-0.25, -0.2) is 0 Å². The van der Waals surface area contributed by atoms with Gasteiger partial charge in [0.15, 0.2) is 0 Å². The first-order valence-electron chi connectivity index (χ1n) is 4.83. The predicted octanol–water partition coefficient (Wildman–Crippen LogP) is 2.06. The summed E-state index contributed by atoms with van der Waals surface area (Å²) in [5, 5.41) is 19.9. The summed E-state index contributed by atoms with van der Waals surface area (Å²) in [6, 6.07) is 3.68. The van der Waals surface area contributed by atoms with Crippen LogP contribution in [0.2, 0.25) is 5.02 Å². The van der Waals surface area contributed by atoms with Crippen molar-refractivity contribution < 1.29 is 9.52 Å². The van der Waals surface area contributed by atoms with Gasteiger partial charge in [-0.2, -0.15) is 0 Å². The fourth-order valence-corrected chi connectivity index (χ4v) is 2.14. The summed E-state index contributed by atoms with van der Waals surface area (Å²) in [6.45, 7) is 0.883. The number of rotatable bonds is 1.